The van der Waals surface area contributed by atoms with Crippen LogP contribution >= 0.6 is 34.8 Å². The Labute approximate surface area is 809 Å². The SMILES string of the molecule is CC(C)(C)C(=O)NN.CC(C)OC(=O)/C=C\I.Cc1cc(-c2ncn(/C=C\C(=O)CNC(=O)C(C)(C)C)n2)cc(C(F)(F)F)c1.Cc1cc(-c2ncn(/C=C\C(=O)O)n2)cc(C(F)(F)F)c1.Cc1cc(-c2ncn(/C=C\C(=O)OC(C)C)n2)cc(C(F)(F)F)c1.Cc1cc(-c2ncn[nH]2)cc(C(F)(F)F)c1.Cc1cc(C#N)cc(C(F)(F)F)c1.Cc1cc(C(N)=S)cc(C(F)(F)F)c1.O=CO.[Li+].[OH-]. The Morgan fingerprint density at radius 3 is 1.10 bits per heavy atom. The Kier molecular flexibility index (Phi) is 50.4. The molecule has 4 aromatic heterocycles. The smallest absolute Gasteiger partial charge is 0.870 e. The van der Waals surface area contributed by atoms with E-state index in [-0.39, 0.29) is 129 Å². The van der Waals surface area contributed by atoms with Gasteiger partial charge in [0.15, 0.2) is 29.1 Å². The number of nitrogens with two attached hydrogens (primary N) is 2. The zero-order valence-corrected chi connectivity index (χ0v) is 79.4. The van der Waals surface area contributed by atoms with Gasteiger partial charge in [0.25, 0.3) is 6.47 Å². The van der Waals surface area contributed by atoms with Gasteiger partial charge in [-0.2, -0.15) is 89.4 Å². The molecule has 0 spiro atoms. The molecule has 138 heavy (non-hydrogen) atoms. The number of carboxylic acid groups (broad SMARTS) is 2. The van der Waals surface area contributed by atoms with Crippen LogP contribution in [0, 0.1) is 63.7 Å². The van der Waals surface area contributed by atoms with Gasteiger partial charge in [0.2, 0.25) is 11.8 Å². The summed E-state index contributed by atoms with van der Waals surface area (Å²) in [7, 11) is 0. The van der Waals surface area contributed by atoms with E-state index in [2.05, 4.69) is 68.4 Å². The summed E-state index contributed by atoms with van der Waals surface area (Å²) in [6.07, 6.45) is -13.3. The summed E-state index contributed by atoms with van der Waals surface area (Å²) in [6.45, 7) is 26.6. The van der Waals surface area contributed by atoms with Crippen LogP contribution in [0.3, 0.4) is 0 Å². The number of esters is 2. The van der Waals surface area contributed by atoms with Crippen molar-refractivity contribution in [2.75, 3.05) is 6.54 Å². The number of rotatable bonds is 16. The number of benzene rings is 6. The molecule has 29 nitrogen and oxygen atoms in total. The fourth-order valence-corrected chi connectivity index (χ4v) is 10.3. The zero-order chi connectivity index (χ0) is 104. The van der Waals surface area contributed by atoms with E-state index in [1.807, 2.05) is 36.4 Å². The summed E-state index contributed by atoms with van der Waals surface area (Å²) in [5.41, 5.74) is 5.97. The molecule has 0 aliphatic heterocycles. The number of ketones is 1. The average Bonchev–Trinajstić information content (AvgIpc) is 1.54. The predicted molar refractivity (Wildman–Crippen MR) is 479 cm³/mol. The third-order valence-corrected chi connectivity index (χ3v) is 16.4. The summed E-state index contributed by atoms with van der Waals surface area (Å²) in [5, 5.41) is 44.5. The van der Waals surface area contributed by atoms with Crippen LogP contribution in [0.25, 0.3) is 64.2 Å². The first kappa shape index (κ1) is 125. The number of aromatic nitrogens is 12. The number of hydrogen-bond acceptors (Lipinski definition) is 21. The van der Waals surface area contributed by atoms with E-state index in [1.54, 1.807) is 118 Å². The first-order valence-electron chi connectivity index (χ1n) is 38.8. The van der Waals surface area contributed by atoms with Crippen molar-refractivity contribution in [3.63, 3.8) is 0 Å². The van der Waals surface area contributed by atoms with E-state index >= 15 is 0 Å². The second kappa shape index (κ2) is 55.8. The number of nitrogens with zero attached hydrogens (tertiary/aromatic N) is 12. The van der Waals surface area contributed by atoms with Crippen molar-refractivity contribution in [3.05, 3.63) is 241 Å². The topological polar surface area (TPSA) is 442 Å². The molecule has 10 rings (SSSR count). The number of alkyl halides is 18. The summed E-state index contributed by atoms with van der Waals surface area (Å²) >= 11 is 6.58. The number of aryl methyl sites for hydroxylation is 6. The van der Waals surface area contributed by atoms with Crippen LogP contribution in [0.1, 0.15) is 147 Å². The maximum absolute atomic E-state index is 13.0. The number of carbonyl (C=O) groups excluding carboxylic acids is 5. The van der Waals surface area contributed by atoms with E-state index in [0.717, 1.165) is 95.8 Å². The summed E-state index contributed by atoms with van der Waals surface area (Å²) in [6, 6.07) is 22.9. The molecular formula is C88H93F18ILiN17O12S. The molecular weight excluding hydrogens is 1990 g/mol. The van der Waals surface area contributed by atoms with Crippen molar-refractivity contribution in [1.82, 2.24) is 70.2 Å². The number of thiocarbonyl (C=S) groups is 1. The first-order chi connectivity index (χ1) is 62.5. The normalized spacial score (nSPS) is 11.4. The molecule has 6 aromatic carbocycles. The predicted octanol–water partition coefficient (Wildman–Crippen LogP) is 16.8. The standard InChI is InChI=1S/C19H21F3N4O2.C16H16F3N3O2.C13H10F3N3O2.C10H8F3N3.C9H8F3NS.C9H6F3N.C6H9IO2.C5H12N2O.CH2O2.Li.H2O/c1-12-7-13(9-14(8-12)19(20,21)22)16-24-11-26(25-16)6-5-15(27)10-23-17(28)18(2,3)4;1-10(2)24-14(23)4-5-22-9-20-15(21-22)12-6-11(3)7-13(8-12)16(17,18)19;1-8-4-9(6-10(5-8)13(14,15)16)12-17-7-19(18-12)3-2-11(20)21;1-6-2-7(9-14-5-15-16-9)4-8(3-6)10(11,12)13;1-5-2-6(8(13)14)4-7(3-5)9(10,11)12;1-6-2-7(5-13)4-8(3-6)9(10,11)12;1-5(2)9-6(8)3-4-7;1-5(2,3)4(8)7-6;2-1-3;;/h5-9,11H,10H2,1-4H3,(H,23,28);4-10H,1-3H3;2-7H,1H3,(H,20,21);2-5H,1H3,(H,14,15,16);2-4H,1H3,(H2,13,14);2-4H,1H3;3-5H,1-2H3;6H2,1-3H3,(H,7,8);1H,(H,2,3);;1H2/q;;;;;;;;;+1;/p-1/b6-5-;5-4-;3-2-;;;;4-3-;;;;. The second-order valence-corrected chi connectivity index (χ2v) is 31.9. The van der Waals surface area contributed by atoms with Crippen molar-refractivity contribution in [1.29, 1.82) is 5.26 Å². The number of ether oxygens (including phenoxy) is 2. The summed E-state index contributed by atoms with van der Waals surface area (Å²) in [4.78, 5) is 90.5. The minimum absolute atomic E-state index is 0. The van der Waals surface area contributed by atoms with Gasteiger partial charge in [-0.25, -0.2) is 54.2 Å². The molecule has 0 radical (unpaired) electrons. The van der Waals surface area contributed by atoms with Crippen molar-refractivity contribution in [2.24, 2.45) is 22.4 Å². The minimum Gasteiger partial charge on any atom is -0.870 e. The van der Waals surface area contributed by atoms with Gasteiger partial charge in [-0.1, -0.05) is 76.4 Å². The molecule has 0 aliphatic carbocycles. The molecule has 0 aliphatic rings. The van der Waals surface area contributed by atoms with Gasteiger partial charge >= 0.3 is 73.8 Å². The third kappa shape index (κ3) is 47.4. The summed E-state index contributed by atoms with van der Waals surface area (Å²) < 4.78 is 242. The van der Waals surface area contributed by atoms with Crippen molar-refractivity contribution < 1.29 is 157 Å². The number of nitriles is 1. The fourth-order valence-electron chi connectivity index (χ4n) is 9.93. The van der Waals surface area contributed by atoms with Crippen LogP contribution in [-0.2, 0) is 80.1 Å². The van der Waals surface area contributed by atoms with E-state index in [1.165, 1.54) is 84.3 Å². The largest absolute Gasteiger partial charge is 1.00 e. The number of hydrazine groups is 1. The number of aliphatic carboxylic acids is 1. The van der Waals surface area contributed by atoms with E-state index in [9.17, 15) is 108 Å². The molecule has 0 saturated carbocycles. The Hall–Kier alpha value is -13.3. The Morgan fingerprint density at radius 2 is 0.804 bits per heavy atom. The van der Waals surface area contributed by atoms with Gasteiger partial charge in [-0.3, -0.25) is 29.7 Å². The number of hydrogen-bond donors (Lipinski definition) is 7. The first-order valence-corrected chi connectivity index (χ1v) is 40.5. The fraction of sp³-hybridized carbons (Fsp3) is 0.307. The van der Waals surface area contributed by atoms with Gasteiger partial charge < -0.3 is 36.2 Å². The Bertz CT molecular complexity index is 5870. The van der Waals surface area contributed by atoms with Gasteiger partial charge in [0, 0.05) is 81.6 Å². The van der Waals surface area contributed by atoms with Gasteiger partial charge in [-0.15, -0.1) is 15.3 Å². The number of aromatic amines is 1. The van der Waals surface area contributed by atoms with Gasteiger partial charge in [-0.05, 0) is 216 Å². The van der Waals surface area contributed by atoms with Crippen molar-refractivity contribution >= 4 is 100 Å². The maximum atomic E-state index is 13.0. The molecule has 4 heterocycles. The number of nitrogens with one attached hydrogen (secondary N) is 3. The molecule has 0 bridgehead atoms. The van der Waals surface area contributed by atoms with Crippen molar-refractivity contribution in [3.8, 4) is 51.6 Å². The van der Waals surface area contributed by atoms with Crippen LogP contribution in [0.15, 0.2) is 163 Å². The second-order valence-electron chi connectivity index (χ2n) is 30.7. The van der Waals surface area contributed by atoms with Crippen molar-refractivity contribution in [2.45, 2.75) is 160 Å². The number of halogens is 19. The summed E-state index contributed by atoms with van der Waals surface area (Å²) in [5.74, 6) is 2.77. The quantitative estimate of drug-likeness (QED) is 0.00451. The Balaban J connectivity index is 0.00000159. The molecule has 0 atom stereocenters. The third-order valence-electron chi connectivity index (χ3n) is 15.8. The van der Waals surface area contributed by atoms with Crippen LogP contribution in [-0.4, -0.2) is 141 Å². The number of H-pyrrole nitrogens is 1. The van der Waals surface area contributed by atoms with E-state index < -0.39 is 87.8 Å². The minimum atomic E-state index is -4.47. The molecule has 10 N–H and O–H groups in total. The average molecular weight is 2090 g/mol. The molecule has 2 amide bonds. The van der Waals surface area contributed by atoms with Crippen LogP contribution in [0.4, 0.5) is 79.0 Å². The molecule has 50 heteroatoms. The molecule has 0 saturated heterocycles. The van der Waals surface area contributed by atoms with E-state index in [4.69, 9.17) is 41.3 Å². The maximum Gasteiger partial charge on any atom is 1.00 e. The number of amides is 2. The molecule has 0 unspecified atom stereocenters. The van der Waals surface area contributed by atoms with Crippen LogP contribution < -0.4 is 41.2 Å². The van der Waals surface area contributed by atoms with Gasteiger partial charge in [0.05, 0.1) is 63.8 Å². The Morgan fingerprint density at radius 1 is 0.493 bits per heavy atom. The number of carbonyl (C=O) groups is 7. The van der Waals surface area contributed by atoms with E-state index in [0.29, 0.717) is 44.8 Å². The number of carboxylic acids is 1. The monoisotopic (exact) mass is 2090 g/mol. The van der Waals surface area contributed by atoms with Gasteiger partial charge in [0.1, 0.15) is 30.3 Å². The molecule has 0 fully saturated rings. The van der Waals surface area contributed by atoms with Crippen LogP contribution in [0.5, 0.6) is 0 Å². The molecule has 742 valence electrons. The molecule has 10 aromatic rings. The zero-order valence-electron chi connectivity index (χ0n) is 76.4. The van der Waals surface area contributed by atoms with Crippen LogP contribution in [0.2, 0.25) is 0 Å².